The molecule has 2 aromatic carbocycles. The molecule has 2 nitrogen and oxygen atoms in total. The second kappa shape index (κ2) is 4.34. The average Bonchev–Trinajstić information content (AvgIpc) is 2.39. The molecule has 1 aliphatic rings. The molecule has 1 aliphatic heterocycles. The molecule has 0 aliphatic carbocycles. The number of hydrogen-bond donors (Lipinski definition) is 2. The van der Waals surface area contributed by atoms with Crippen LogP contribution < -0.4 is 11.1 Å². The molecule has 0 unspecified atom stereocenters. The Morgan fingerprint density at radius 2 is 1.76 bits per heavy atom. The quantitative estimate of drug-likeness (QED) is 0.752. The molecule has 0 fully saturated rings. The molecule has 0 saturated carbocycles. The average molecular weight is 242 g/mol. The van der Waals surface area contributed by atoms with E-state index in [0.717, 1.165) is 18.0 Å². The Morgan fingerprint density at radius 3 is 2.59 bits per heavy atom. The lowest BCUT2D eigenvalue weighted by atomic mass is 10.0. The lowest BCUT2D eigenvalue weighted by Gasteiger charge is -2.18. The number of anilines is 2. The van der Waals surface area contributed by atoms with Gasteiger partial charge in [-0.05, 0) is 35.4 Å². The van der Waals surface area contributed by atoms with E-state index in [4.69, 9.17) is 5.73 Å². The number of benzene rings is 2. The van der Waals surface area contributed by atoms with Crippen molar-refractivity contribution in [2.75, 3.05) is 23.3 Å². The SMILES string of the molecule is Nc1ccc(-c2ccc3c(c2)NCCS3)cc1. The summed E-state index contributed by atoms with van der Waals surface area (Å²) in [5.74, 6) is 1.15. The van der Waals surface area contributed by atoms with E-state index in [1.54, 1.807) is 0 Å². The summed E-state index contributed by atoms with van der Waals surface area (Å²) in [7, 11) is 0. The van der Waals surface area contributed by atoms with Gasteiger partial charge >= 0.3 is 0 Å². The molecule has 2 aromatic rings. The normalized spacial score (nSPS) is 13.9. The summed E-state index contributed by atoms with van der Waals surface area (Å²) in [5, 5.41) is 3.44. The Balaban J connectivity index is 2.01. The number of fused-ring (bicyclic) bond motifs is 1. The van der Waals surface area contributed by atoms with E-state index in [2.05, 4.69) is 35.6 Å². The Labute approximate surface area is 105 Å². The van der Waals surface area contributed by atoms with Gasteiger partial charge < -0.3 is 11.1 Å². The molecular weight excluding hydrogens is 228 g/mol. The summed E-state index contributed by atoms with van der Waals surface area (Å²) < 4.78 is 0. The molecular formula is C14H14N2S. The van der Waals surface area contributed by atoms with Gasteiger partial charge in [-0.1, -0.05) is 18.2 Å². The van der Waals surface area contributed by atoms with Crippen LogP contribution in [0.2, 0.25) is 0 Å². The minimum absolute atomic E-state index is 0.806. The molecule has 3 heteroatoms. The maximum Gasteiger partial charge on any atom is 0.0484 e. The minimum atomic E-state index is 0.806. The van der Waals surface area contributed by atoms with E-state index in [0.29, 0.717) is 0 Å². The fourth-order valence-corrected chi connectivity index (χ4v) is 2.87. The van der Waals surface area contributed by atoms with E-state index >= 15 is 0 Å². The summed E-state index contributed by atoms with van der Waals surface area (Å²) in [6, 6.07) is 14.6. The van der Waals surface area contributed by atoms with Gasteiger partial charge in [0.1, 0.15) is 0 Å². The second-order valence-corrected chi connectivity index (χ2v) is 5.24. The van der Waals surface area contributed by atoms with Crippen molar-refractivity contribution in [3.63, 3.8) is 0 Å². The Kier molecular flexibility index (Phi) is 2.69. The molecule has 0 saturated heterocycles. The lowest BCUT2D eigenvalue weighted by molar-refractivity contribution is 1.17. The van der Waals surface area contributed by atoms with E-state index < -0.39 is 0 Å². The third kappa shape index (κ3) is 2.11. The first-order valence-electron chi connectivity index (χ1n) is 5.69. The molecule has 17 heavy (non-hydrogen) atoms. The summed E-state index contributed by atoms with van der Waals surface area (Å²) in [6.07, 6.45) is 0. The first kappa shape index (κ1) is 10.5. The van der Waals surface area contributed by atoms with Crippen molar-refractivity contribution in [2.45, 2.75) is 4.90 Å². The third-order valence-corrected chi connectivity index (χ3v) is 3.97. The fourth-order valence-electron chi connectivity index (χ4n) is 2.00. The molecule has 86 valence electrons. The van der Waals surface area contributed by atoms with Crippen LogP contribution in [0.15, 0.2) is 47.4 Å². The third-order valence-electron chi connectivity index (χ3n) is 2.90. The van der Waals surface area contributed by atoms with E-state index in [-0.39, 0.29) is 0 Å². The van der Waals surface area contributed by atoms with Gasteiger partial charge in [-0.3, -0.25) is 0 Å². The smallest absolute Gasteiger partial charge is 0.0484 e. The van der Waals surface area contributed by atoms with Crippen molar-refractivity contribution < 1.29 is 0 Å². The predicted molar refractivity (Wildman–Crippen MR) is 75.5 cm³/mol. The molecule has 0 spiro atoms. The standard InChI is InChI=1S/C14H14N2S/c15-12-4-1-10(2-5-12)11-3-6-14-13(9-11)16-7-8-17-14/h1-6,9,16H,7-8,15H2. The van der Waals surface area contributed by atoms with Crippen LogP contribution in [-0.2, 0) is 0 Å². The molecule has 1 heterocycles. The van der Waals surface area contributed by atoms with Gasteiger partial charge in [0, 0.05) is 28.6 Å². The summed E-state index contributed by atoms with van der Waals surface area (Å²) in [6.45, 7) is 1.04. The van der Waals surface area contributed by atoms with Crippen LogP contribution in [-0.4, -0.2) is 12.3 Å². The minimum Gasteiger partial charge on any atom is -0.399 e. The zero-order valence-electron chi connectivity index (χ0n) is 9.44. The predicted octanol–water partition coefficient (Wildman–Crippen LogP) is 3.45. The number of nitrogens with one attached hydrogen (secondary N) is 1. The highest BCUT2D eigenvalue weighted by atomic mass is 32.2. The van der Waals surface area contributed by atoms with Crippen LogP contribution in [0, 0.1) is 0 Å². The van der Waals surface area contributed by atoms with Gasteiger partial charge in [0.05, 0.1) is 0 Å². The number of thioether (sulfide) groups is 1. The molecule has 0 aromatic heterocycles. The maximum absolute atomic E-state index is 5.70. The Hall–Kier alpha value is -1.61. The molecule has 3 rings (SSSR count). The van der Waals surface area contributed by atoms with Gasteiger partial charge in [-0.2, -0.15) is 0 Å². The van der Waals surface area contributed by atoms with Gasteiger partial charge in [0.15, 0.2) is 0 Å². The number of nitrogens with two attached hydrogens (primary N) is 1. The Morgan fingerprint density at radius 1 is 1.00 bits per heavy atom. The van der Waals surface area contributed by atoms with Crippen LogP contribution in [0.4, 0.5) is 11.4 Å². The maximum atomic E-state index is 5.70. The van der Waals surface area contributed by atoms with Gasteiger partial charge in [0.2, 0.25) is 0 Å². The molecule has 0 bridgehead atoms. The highest BCUT2D eigenvalue weighted by molar-refractivity contribution is 7.99. The van der Waals surface area contributed by atoms with Gasteiger partial charge in [-0.15, -0.1) is 11.8 Å². The molecule has 3 N–H and O–H groups in total. The van der Waals surface area contributed by atoms with Crippen molar-refractivity contribution in [2.24, 2.45) is 0 Å². The van der Waals surface area contributed by atoms with Crippen LogP contribution in [0.25, 0.3) is 11.1 Å². The first-order valence-corrected chi connectivity index (χ1v) is 6.68. The lowest BCUT2D eigenvalue weighted by Crippen LogP contribution is -2.09. The van der Waals surface area contributed by atoms with Gasteiger partial charge in [0.25, 0.3) is 0 Å². The largest absolute Gasteiger partial charge is 0.399 e. The van der Waals surface area contributed by atoms with Gasteiger partial charge in [-0.25, -0.2) is 0 Å². The zero-order chi connectivity index (χ0) is 11.7. The van der Waals surface area contributed by atoms with Crippen molar-refractivity contribution in [3.8, 4) is 11.1 Å². The van der Waals surface area contributed by atoms with Crippen molar-refractivity contribution in [1.82, 2.24) is 0 Å². The topological polar surface area (TPSA) is 38.0 Å². The van der Waals surface area contributed by atoms with Crippen LogP contribution in [0.1, 0.15) is 0 Å². The monoisotopic (exact) mass is 242 g/mol. The number of hydrogen-bond acceptors (Lipinski definition) is 3. The summed E-state index contributed by atoms with van der Waals surface area (Å²) in [4.78, 5) is 1.34. The second-order valence-electron chi connectivity index (χ2n) is 4.11. The van der Waals surface area contributed by atoms with E-state index in [1.807, 2.05) is 23.9 Å². The van der Waals surface area contributed by atoms with Crippen molar-refractivity contribution >= 4 is 23.1 Å². The highest BCUT2D eigenvalue weighted by Crippen LogP contribution is 2.34. The molecule has 0 amide bonds. The van der Waals surface area contributed by atoms with Crippen LogP contribution in [0.3, 0.4) is 0 Å². The van der Waals surface area contributed by atoms with Crippen molar-refractivity contribution in [3.05, 3.63) is 42.5 Å². The Bertz CT molecular complexity index is 534. The highest BCUT2D eigenvalue weighted by Gasteiger charge is 2.09. The summed E-state index contributed by atoms with van der Waals surface area (Å²) in [5.41, 5.74) is 10.2. The first-order chi connectivity index (χ1) is 8.33. The summed E-state index contributed by atoms with van der Waals surface area (Å²) >= 11 is 1.91. The zero-order valence-corrected chi connectivity index (χ0v) is 10.3. The van der Waals surface area contributed by atoms with Crippen molar-refractivity contribution in [1.29, 1.82) is 0 Å². The van der Waals surface area contributed by atoms with Crippen LogP contribution >= 0.6 is 11.8 Å². The molecule has 0 radical (unpaired) electrons. The van der Waals surface area contributed by atoms with E-state index in [1.165, 1.54) is 21.7 Å². The fraction of sp³-hybridized carbons (Fsp3) is 0.143. The number of nitrogen functional groups attached to an aromatic ring is 1. The van der Waals surface area contributed by atoms with E-state index in [9.17, 15) is 0 Å². The molecule has 0 atom stereocenters. The van der Waals surface area contributed by atoms with Crippen LogP contribution in [0.5, 0.6) is 0 Å². The number of rotatable bonds is 1.